The molecule has 0 aliphatic heterocycles. The molecule has 0 unspecified atom stereocenters. The van der Waals surface area contributed by atoms with Gasteiger partial charge in [0.15, 0.2) is 0 Å². The molecule has 0 radical (unpaired) electrons. The highest BCUT2D eigenvalue weighted by molar-refractivity contribution is 14.1. The maximum atomic E-state index is 12.7. The predicted octanol–water partition coefficient (Wildman–Crippen LogP) is 4.15. The average Bonchev–Trinajstić information content (AvgIpc) is 2.23. The Hall–Kier alpha value is -0.680. The Morgan fingerprint density at radius 1 is 1.13 bits per heavy atom. The first-order valence-electron chi connectivity index (χ1n) is 4.24. The van der Waals surface area contributed by atoms with Gasteiger partial charge >= 0.3 is 0 Å². The van der Waals surface area contributed by atoms with Gasteiger partial charge in [-0.3, -0.25) is 0 Å². The molecule has 4 heteroatoms. The molecule has 0 atom stereocenters. The molecule has 1 nitrogen and oxygen atoms in total. The third-order valence-corrected chi connectivity index (χ3v) is 3.42. The van der Waals surface area contributed by atoms with Crippen molar-refractivity contribution in [2.24, 2.45) is 0 Å². The van der Waals surface area contributed by atoms with Crippen LogP contribution in [0.15, 0.2) is 36.5 Å². The van der Waals surface area contributed by atoms with E-state index in [9.17, 15) is 4.39 Å². The highest BCUT2D eigenvalue weighted by Gasteiger charge is 2.02. The van der Waals surface area contributed by atoms with Crippen molar-refractivity contribution in [3.63, 3.8) is 0 Å². The van der Waals surface area contributed by atoms with Crippen LogP contribution in [0.2, 0.25) is 5.15 Å². The molecule has 1 aromatic carbocycles. The van der Waals surface area contributed by atoms with Gasteiger partial charge in [0.2, 0.25) is 0 Å². The molecule has 0 aliphatic carbocycles. The Morgan fingerprint density at radius 2 is 1.80 bits per heavy atom. The van der Waals surface area contributed by atoms with Crippen LogP contribution in [-0.4, -0.2) is 4.98 Å². The van der Waals surface area contributed by atoms with Crippen LogP contribution in [0.3, 0.4) is 0 Å². The summed E-state index contributed by atoms with van der Waals surface area (Å²) >= 11 is 7.93. The number of pyridine rings is 1. The van der Waals surface area contributed by atoms with E-state index in [1.807, 2.05) is 6.07 Å². The van der Waals surface area contributed by atoms with Gasteiger partial charge in [0.1, 0.15) is 11.0 Å². The van der Waals surface area contributed by atoms with Gasteiger partial charge in [-0.15, -0.1) is 0 Å². The fraction of sp³-hybridized carbons (Fsp3) is 0. The Bertz CT molecular complexity index is 484. The first-order valence-corrected chi connectivity index (χ1v) is 5.69. The van der Waals surface area contributed by atoms with Crippen molar-refractivity contribution in [2.75, 3.05) is 0 Å². The van der Waals surface area contributed by atoms with E-state index in [2.05, 4.69) is 27.6 Å². The van der Waals surface area contributed by atoms with Crippen LogP contribution in [0.5, 0.6) is 0 Å². The normalized spacial score (nSPS) is 10.3. The van der Waals surface area contributed by atoms with E-state index >= 15 is 0 Å². The molecular formula is C11H6ClFIN. The smallest absolute Gasteiger partial charge is 0.142 e. The number of halogens is 3. The van der Waals surface area contributed by atoms with E-state index in [0.29, 0.717) is 5.15 Å². The van der Waals surface area contributed by atoms with Gasteiger partial charge in [0.05, 0.1) is 3.57 Å². The molecule has 0 saturated carbocycles. The Labute approximate surface area is 105 Å². The summed E-state index contributed by atoms with van der Waals surface area (Å²) in [5.41, 5.74) is 1.86. The lowest BCUT2D eigenvalue weighted by Crippen LogP contribution is -1.84. The molecule has 0 amide bonds. The van der Waals surface area contributed by atoms with E-state index < -0.39 is 0 Å². The van der Waals surface area contributed by atoms with E-state index in [0.717, 1.165) is 14.7 Å². The van der Waals surface area contributed by atoms with Gasteiger partial charge in [0.25, 0.3) is 0 Å². The Kier molecular flexibility index (Phi) is 3.21. The summed E-state index contributed by atoms with van der Waals surface area (Å²) < 4.78 is 13.6. The summed E-state index contributed by atoms with van der Waals surface area (Å²) in [6.45, 7) is 0. The maximum absolute atomic E-state index is 12.7. The molecule has 0 aliphatic rings. The molecule has 1 aromatic heterocycles. The van der Waals surface area contributed by atoms with Crippen LogP contribution in [0.1, 0.15) is 0 Å². The molecule has 2 rings (SSSR count). The van der Waals surface area contributed by atoms with Crippen LogP contribution < -0.4 is 0 Å². The van der Waals surface area contributed by atoms with E-state index in [-0.39, 0.29) is 5.82 Å². The minimum Gasteiger partial charge on any atom is -0.243 e. The fourth-order valence-electron chi connectivity index (χ4n) is 1.22. The van der Waals surface area contributed by atoms with Crippen LogP contribution in [0.25, 0.3) is 11.1 Å². The summed E-state index contributed by atoms with van der Waals surface area (Å²) in [7, 11) is 0. The zero-order chi connectivity index (χ0) is 10.8. The van der Waals surface area contributed by atoms with Crippen LogP contribution in [-0.2, 0) is 0 Å². The van der Waals surface area contributed by atoms with Crippen molar-refractivity contribution >= 4 is 34.2 Å². The molecule has 0 fully saturated rings. The third kappa shape index (κ3) is 2.46. The number of hydrogen-bond donors (Lipinski definition) is 0. The summed E-state index contributed by atoms with van der Waals surface area (Å²) in [5, 5.41) is 0.487. The first-order chi connectivity index (χ1) is 7.16. The number of rotatable bonds is 1. The third-order valence-electron chi connectivity index (χ3n) is 1.97. The second-order valence-corrected chi connectivity index (χ2v) is 4.52. The molecule has 0 bridgehead atoms. The van der Waals surface area contributed by atoms with Gasteiger partial charge in [0, 0.05) is 11.8 Å². The predicted molar refractivity (Wildman–Crippen MR) is 67.4 cm³/mol. The second kappa shape index (κ2) is 4.45. The van der Waals surface area contributed by atoms with Crippen LogP contribution >= 0.6 is 34.2 Å². The zero-order valence-corrected chi connectivity index (χ0v) is 10.5. The molecule has 0 saturated heterocycles. The quantitative estimate of drug-likeness (QED) is 0.564. The zero-order valence-electron chi connectivity index (χ0n) is 7.55. The lowest BCUT2D eigenvalue weighted by molar-refractivity contribution is 0.628. The van der Waals surface area contributed by atoms with Crippen molar-refractivity contribution in [3.8, 4) is 11.1 Å². The minimum absolute atomic E-state index is 0.240. The molecule has 0 N–H and O–H groups in total. The topological polar surface area (TPSA) is 12.9 Å². The molecule has 15 heavy (non-hydrogen) atoms. The van der Waals surface area contributed by atoms with Crippen LogP contribution in [0.4, 0.5) is 4.39 Å². The van der Waals surface area contributed by atoms with Crippen molar-refractivity contribution in [3.05, 3.63) is 51.1 Å². The Balaban J connectivity index is 2.45. The number of hydrogen-bond acceptors (Lipinski definition) is 1. The number of benzene rings is 1. The summed E-state index contributed by atoms with van der Waals surface area (Å²) in [5.74, 6) is -0.240. The van der Waals surface area contributed by atoms with Crippen molar-refractivity contribution in [2.45, 2.75) is 0 Å². The second-order valence-electron chi connectivity index (χ2n) is 3.00. The molecule has 2 aromatic rings. The fourth-order valence-corrected chi connectivity index (χ4v) is 1.80. The van der Waals surface area contributed by atoms with Crippen molar-refractivity contribution < 1.29 is 4.39 Å². The van der Waals surface area contributed by atoms with Crippen molar-refractivity contribution in [1.82, 2.24) is 4.98 Å². The maximum Gasteiger partial charge on any atom is 0.142 e. The lowest BCUT2D eigenvalue weighted by atomic mass is 10.1. The monoisotopic (exact) mass is 333 g/mol. The first kappa shape index (κ1) is 10.8. The highest BCUT2D eigenvalue weighted by Crippen LogP contribution is 2.24. The van der Waals surface area contributed by atoms with Crippen molar-refractivity contribution in [1.29, 1.82) is 0 Å². The molecular weight excluding hydrogens is 327 g/mol. The van der Waals surface area contributed by atoms with E-state index in [1.54, 1.807) is 18.3 Å². The van der Waals surface area contributed by atoms with Gasteiger partial charge in [-0.25, -0.2) is 9.37 Å². The summed E-state index contributed by atoms with van der Waals surface area (Å²) in [6, 6.07) is 8.21. The van der Waals surface area contributed by atoms with Gasteiger partial charge < -0.3 is 0 Å². The summed E-state index contributed by atoms with van der Waals surface area (Å²) in [6.07, 6.45) is 1.68. The minimum atomic E-state index is -0.240. The number of aromatic nitrogens is 1. The largest absolute Gasteiger partial charge is 0.243 e. The van der Waals surface area contributed by atoms with E-state index in [1.165, 1.54) is 12.1 Å². The lowest BCUT2D eigenvalue weighted by Gasteiger charge is -2.02. The highest BCUT2D eigenvalue weighted by atomic mass is 127. The SMILES string of the molecule is Fc1ccc(-c2cnc(Cl)c(I)c2)cc1. The molecule has 0 spiro atoms. The number of nitrogens with zero attached hydrogens (tertiary/aromatic N) is 1. The average molecular weight is 334 g/mol. The van der Waals surface area contributed by atoms with Gasteiger partial charge in [-0.1, -0.05) is 23.7 Å². The van der Waals surface area contributed by atoms with Gasteiger partial charge in [-0.05, 0) is 46.4 Å². The van der Waals surface area contributed by atoms with E-state index in [4.69, 9.17) is 11.6 Å². The van der Waals surface area contributed by atoms with Crippen LogP contribution in [0, 0.1) is 9.39 Å². The molecule has 1 heterocycles. The Morgan fingerprint density at radius 3 is 2.40 bits per heavy atom. The molecule has 76 valence electrons. The van der Waals surface area contributed by atoms with Gasteiger partial charge in [-0.2, -0.15) is 0 Å². The standard InChI is InChI=1S/C11H6ClFIN/c12-11-10(14)5-8(6-15-11)7-1-3-9(13)4-2-7/h1-6H. The summed E-state index contributed by atoms with van der Waals surface area (Å²) in [4.78, 5) is 4.04.